The molecule has 2 aromatic carbocycles. The lowest BCUT2D eigenvalue weighted by atomic mass is 10.1. The summed E-state index contributed by atoms with van der Waals surface area (Å²) in [5, 5.41) is 6.81. The van der Waals surface area contributed by atoms with Gasteiger partial charge >= 0.3 is 0 Å². The van der Waals surface area contributed by atoms with Gasteiger partial charge in [-0.25, -0.2) is 4.39 Å². The molecule has 1 fully saturated rings. The van der Waals surface area contributed by atoms with E-state index in [0.29, 0.717) is 35.0 Å². The third-order valence-corrected chi connectivity index (χ3v) is 4.44. The summed E-state index contributed by atoms with van der Waals surface area (Å²) in [6.45, 7) is 1.28. The van der Waals surface area contributed by atoms with E-state index in [2.05, 4.69) is 15.5 Å². The van der Waals surface area contributed by atoms with Gasteiger partial charge in [0, 0.05) is 29.8 Å². The molecule has 1 aromatic heterocycles. The molecule has 1 aliphatic heterocycles. The number of rotatable bonds is 5. The Hall–Kier alpha value is -3.06. The largest absolute Gasteiger partial charge is 0.376 e. The number of aromatic nitrogens is 2. The van der Waals surface area contributed by atoms with Crippen LogP contribution in [-0.4, -0.2) is 35.3 Å². The van der Waals surface area contributed by atoms with E-state index in [0.717, 1.165) is 19.4 Å². The van der Waals surface area contributed by atoms with Crippen molar-refractivity contribution in [2.75, 3.05) is 13.2 Å². The van der Waals surface area contributed by atoms with Crippen molar-refractivity contribution in [3.8, 4) is 22.8 Å². The second kappa shape index (κ2) is 7.67. The lowest BCUT2D eigenvalue weighted by Crippen LogP contribution is -2.31. The maximum Gasteiger partial charge on any atom is 0.258 e. The first-order valence-corrected chi connectivity index (χ1v) is 8.79. The molecule has 0 spiro atoms. The van der Waals surface area contributed by atoms with Gasteiger partial charge in [0.2, 0.25) is 5.82 Å². The normalized spacial score (nSPS) is 16.4. The van der Waals surface area contributed by atoms with E-state index < -0.39 is 0 Å². The minimum Gasteiger partial charge on any atom is -0.376 e. The monoisotopic (exact) mass is 367 g/mol. The molecule has 0 saturated carbocycles. The zero-order valence-electron chi connectivity index (χ0n) is 14.5. The molecular weight excluding hydrogens is 349 g/mol. The van der Waals surface area contributed by atoms with E-state index in [9.17, 15) is 9.18 Å². The third kappa shape index (κ3) is 4.03. The first-order chi connectivity index (χ1) is 13.2. The smallest absolute Gasteiger partial charge is 0.258 e. The number of amides is 1. The molecule has 3 aromatic rings. The van der Waals surface area contributed by atoms with Crippen molar-refractivity contribution < 1.29 is 18.4 Å². The van der Waals surface area contributed by atoms with Gasteiger partial charge in [-0.2, -0.15) is 4.98 Å². The number of hydrogen-bond acceptors (Lipinski definition) is 5. The highest BCUT2D eigenvalue weighted by Gasteiger charge is 2.17. The molecule has 7 heteroatoms. The first-order valence-electron chi connectivity index (χ1n) is 8.79. The maximum absolute atomic E-state index is 13.0. The lowest BCUT2D eigenvalue weighted by molar-refractivity contribution is 0.0858. The van der Waals surface area contributed by atoms with Crippen molar-refractivity contribution in [1.29, 1.82) is 0 Å². The number of carbonyl (C=O) groups is 1. The topological polar surface area (TPSA) is 77.2 Å². The fraction of sp³-hybridized carbons (Fsp3) is 0.250. The van der Waals surface area contributed by atoms with Crippen LogP contribution in [0.1, 0.15) is 23.2 Å². The highest BCUT2D eigenvalue weighted by Crippen LogP contribution is 2.22. The summed E-state index contributed by atoms with van der Waals surface area (Å²) in [6, 6.07) is 12.8. The molecule has 0 unspecified atom stereocenters. The van der Waals surface area contributed by atoms with Crippen molar-refractivity contribution in [3.05, 3.63) is 59.9 Å². The van der Waals surface area contributed by atoms with Crippen LogP contribution in [0.5, 0.6) is 0 Å². The average molecular weight is 367 g/mol. The highest BCUT2D eigenvalue weighted by molar-refractivity contribution is 5.94. The van der Waals surface area contributed by atoms with Crippen molar-refractivity contribution in [3.63, 3.8) is 0 Å². The van der Waals surface area contributed by atoms with Gasteiger partial charge in [-0.3, -0.25) is 4.79 Å². The number of nitrogens with one attached hydrogen (secondary N) is 1. The molecular formula is C20H18FN3O3. The van der Waals surface area contributed by atoms with Gasteiger partial charge in [0.05, 0.1) is 6.10 Å². The van der Waals surface area contributed by atoms with Gasteiger partial charge in [0.25, 0.3) is 11.8 Å². The molecule has 1 atom stereocenters. The molecule has 0 aliphatic carbocycles. The number of hydrogen-bond donors (Lipinski definition) is 1. The van der Waals surface area contributed by atoms with E-state index in [4.69, 9.17) is 9.26 Å². The van der Waals surface area contributed by atoms with Crippen LogP contribution in [0, 0.1) is 5.82 Å². The van der Waals surface area contributed by atoms with Gasteiger partial charge in [-0.1, -0.05) is 5.16 Å². The maximum atomic E-state index is 13.0. The summed E-state index contributed by atoms with van der Waals surface area (Å²) in [5.41, 5.74) is 1.91. The van der Waals surface area contributed by atoms with Crippen molar-refractivity contribution >= 4 is 5.91 Å². The van der Waals surface area contributed by atoms with Crippen LogP contribution in [0.25, 0.3) is 22.8 Å². The number of ether oxygens (including phenoxy) is 1. The molecule has 1 amide bonds. The molecule has 0 radical (unpaired) electrons. The van der Waals surface area contributed by atoms with Crippen LogP contribution >= 0.6 is 0 Å². The predicted octanol–water partition coefficient (Wildman–Crippen LogP) is 3.45. The minimum absolute atomic E-state index is 0.108. The molecule has 0 bridgehead atoms. The van der Waals surface area contributed by atoms with Crippen molar-refractivity contribution in [1.82, 2.24) is 15.5 Å². The van der Waals surface area contributed by atoms with Gasteiger partial charge in [-0.15, -0.1) is 0 Å². The van der Waals surface area contributed by atoms with E-state index in [1.165, 1.54) is 12.1 Å². The van der Waals surface area contributed by atoms with Crippen LogP contribution < -0.4 is 5.32 Å². The Balaban J connectivity index is 1.42. The Labute approximate surface area is 155 Å². The standard InChI is InChI=1S/C20H18FN3O3/c21-16-9-7-13(8-10-16)18-23-20(27-24-18)15-5-3-14(4-6-15)19(25)22-12-17-2-1-11-26-17/h3-10,17H,1-2,11-12H2,(H,22,25)/t17-/m0/s1. The van der Waals surface area contributed by atoms with Crippen LogP contribution in [0.4, 0.5) is 4.39 Å². The van der Waals surface area contributed by atoms with E-state index in [1.54, 1.807) is 36.4 Å². The van der Waals surface area contributed by atoms with E-state index in [1.807, 2.05) is 0 Å². The van der Waals surface area contributed by atoms with Crippen LogP contribution in [0.15, 0.2) is 53.1 Å². The molecule has 1 N–H and O–H groups in total. The van der Waals surface area contributed by atoms with Crippen LogP contribution in [-0.2, 0) is 4.74 Å². The lowest BCUT2D eigenvalue weighted by Gasteiger charge is -2.10. The number of carbonyl (C=O) groups excluding carboxylic acids is 1. The molecule has 1 saturated heterocycles. The molecule has 1 aliphatic rings. The van der Waals surface area contributed by atoms with E-state index in [-0.39, 0.29) is 17.8 Å². The Morgan fingerprint density at radius 2 is 1.85 bits per heavy atom. The zero-order valence-corrected chi connectivity index (χ0v) is 14.5. The first kappa shape index (κ1) is 17.4. The quantitative estimate of drug-likeness (QED) is 0.747. The van der Waals surface area contributed by atoms with E-state index >= 15 is 0 Å². The Kier molecular flexibility index (Phi) is 4.93. The second-order valence-corrected chi connectivity index (χ2v) is 6.35. The molecule has 6 nitrogen and oxygen atoms in total. The third-order valence-electron chi connectivity index (χ3n) is 4.44. The summed E-state index contributed by atoms with van der Waals surface area (Å²) in [4.78, 5) is 16.5. The van der Waals surface area contributed by atoms with Gasteiger partial charge in [0.1, 0.15) is 5.82 Å². The average Bonchev–Trinajstić information content (AvgIpc) is 3.39. The van der Waals surface area contributed by atoms with Gasteiger partial charge in [-0.05, 0) is 61.4 Å². The molecule has 27 heavy (non-hydrogen) atoms. The number of halogens is 1. The van der Waals surface area contributed by atoms with Crippen LogP contribution in [0.3, 0.4) is 0 Å². The van der Waals surface area contributed by atoms with Gasteiger partial charge < -0.3 is 14.6 Å². The molecule has 138 valence electrons. The summed E-state index contributed by atoms with van der Waals surface area (Å²) in [6.07, 6.45) is 2.13. The summed E-state index contributed by atoms with van der Waals surface area (Å²) in [7, 11) is 0. The van der Waals surface area contributed by atoms with Crippen molar-refractivity contribution in [2.45, 2.75) is 18.9 Å². The summed E-state index contributed by atoms with van der Waals surface area (Å²) >= 11 is 0. The fourth-order valence-corrected chi connectivity index (χ4v) is 2.94. The molecule has 2 heterocycles. The zero-order chi connectivity index (χ0) is 18.6. The van der Waals surface area contributed by atoms with Crippen LogP contribution in [0.2, 0.25) is 0 Å². The Bertz CT molecular complexity index is 916. The Morgan fingerprint density at radius 3 is 2.56 bits per heavy atom. The number of nitrogens with zero attached hydrogens (tertiary/aromatic N) is 2. The van der Waals surface area contributed by atoms with Crippen molar-refractivity contribution in [2.24, 2.45) is 0 Å². The van der Waals surface area contributed by atoms with Gasteiger partial charge in [0.15, 0.2) is 0 Å². The SMILES string of the molecule is O=C(NC[C@@H]1CCCO1)c1ccc(-c2nc(-c3ccc(F)cc3)no2)cc1. The predicted molar refractivity (Wildman–Crippen MR) is 96.4 cm³/mol. The molecule has 4 rings (SSSR count). The summed E-state index contributed by atoms with van der Waals surface area (Å²) in [5.74, 6) is 0.245. The summed E-state index contributed by atoms with van der Waals surface area (Å²) < 4.78 is 23.8. The Morgan fingerprint density at radius 1 is 1.11 bits per heavy atom. The fourth-order valence-electron chi connectivity index (χ4n) is 2.94. The number of benzene rings is 2. The minimum atomic E-state index is -0.323. The second-order valence-electron chi connectivity index (χ2n) is 6.35. The highest BCUT2D eigenvalue weighted by atomic mass is 19.1.